The summed E-state index contributed by atoms with van der Waals surface area (Å²) in [4.78, 5) is 0. The molecular weight excluding hydrogens is 166 g/mol. The molecule has 0 aromatic heterocycles. The molecule has 0 atom stereocenters. The van der Waals surface area contributed by atoms with Crippen molar-refractivity contribution in [1.29, 1.82) is 0 Å². The van der Waals surface area contributed by atoms with Gasteiger partial charge < -0.3 is 15.2 Å². The van der Waals surface area contributed by atoms with E-state index in [4.69, 9.17) is 9.84 Å². The summed E-state index contributed by atoms with van der Waals surface area (Å²) >= 11 is 0. The summed E-state index contributed by atoms with van der Waals surface area (Å²) in [7, 11) is 1.93. The highest BCUT2D eigenvalue weighted by Crippen LogP contribution is 2.02. The zero-order valence-corrected chi connectivity index (χ0v) is 8.72. The van der Waals surface area contributed by atoms with Crippen LogP contribution >= 0.6 is 0 Å². The van der Waals surface area contributed by atoms with Gasteiger partial charge in [-0.25, -0.2) is 0 Å². The van der Waals surface area contributed by atoms with Crippen LogP contribution in [-0.2, 0) is 4.74 Å². The first-order valence-corrected chi connectivity index (χ1v) is 5.25. The number of hydrogen-bond acceptors (Lipinski definition) is 3. The molecule has 0 saturated heterocycles. The van der Waals surface area contributed by atoms with Crippen LogP contribution in [0.1, 0.15) is 32.1 Å². The molecule has 0 aliphatic rings. The zero-order chi connectivity index (χ0) is 9.78. The fourth-order valence-electron chi connectivity index (χ4n) is 1.12. The van der Waals surface area contributed by atoms with E-state index in [0.29, 0.717) is 6.61 Å². The average molecular weight is 189 g/mol. The first-order valence-electron chi connectivity index (χ1n) is 5.25. The Labute approximate surface area is 81.5 Å². The highest BCUT2D eigenvalue weighted by molar-refractivity contribution is 4.43. The van der Waals surface area contributed by atoms with Gasteiger partial charge in [0.1, 0.15) is 0 Å². The Morgan fingerprint density at radius 3 is 2.38 bits per heavy atom. The number of aliphatic hydroxyl groups excluding tert-OH is 1. The molecule has 0 amide bonds. The molecule has 3 nitrogen and oxygen atoms in total. The summed E-state index contributed by atoms with van der Waals surface area (Å²) in [5.74, 6) is 0. The molecule has 0 heterocycles. The molecule has 0 aliphatic carbocycles. The van der Waals surface area contributed by atoms with Crippen molar-refractivity contribution < 1.29 is 9.84 Å². The maximum atomic E-state index is 8.53. The average Bonchev–Trinajstić information content (AvgIpc) is 2.16. The second-order valence-electron chi connectivity index (χ2n) is 3.21. The summed E-state index contributed by atoms with van der Waals surface area (Å²) in [6.07, 6.45) is 5.68. The second-order valence-corrected chi connectivity index (χ2v) is 3.21. The van der Waals surface area contributed by atoms with E-state index in [1.165, 1.54) is 12.8 Å². The van der Waals surface area contributed by atoms with Gasteiger partial charge in [0.25, 0.3) is 0 Å². The first kappa shape index (κ1) is 12.9. The van der Waals surface area contributed by atoms with Crippen molar-refractivity contribution in [2.24, 2.45) is 0 Å². The van der Waals surface area contributed by atoms with Crippen LogP contribution in [0.3, 0.4) is 0 Å². The number of rotatable bonds is 10. The lowest BCUT2D eigenvalue weighted by Gasteiger charge is -2.03. The molecule has 0 radical (unpaired) electrons. The minimum absolute atomic E-state index is 0.332. The summed E-state index contributed by atoms with van der Waals surface area (Å²) in [5.41, 5.74) is 0. The fourth-order valence-corrected chi connectivity index (χ4v) is 1.12. The predicted octanol–water partition coefficient (Wildman–Crippen LogP) is 1.17. The van der Waals surface area contributed by atoms with Gasteiger partial charge in [-0.15, -0.1) is 0 Å². The molecule has 0 aliphatic heterocycles. The third-order valence-corrected chi connectivity index (χ3v) is 1.94. The van der Waals surface area contributed by atoms with E-state index in [2.05, 4.69) is 5.32 Å². The minimum Gasteiger partial charge on any atom is -0.396 e. The van der Waals surface area contributed by atoms with Crippen molar-refractivity contribution in [2.75, 3.05) is 33.4 Å². The third-order valence-electron chi connectivity index (χ3n) is 1.94. The van der Waals surface area contributed by atoms with Crippen molar-refractivity contribution in [3.05, 3.63) is 0 Å². The molecule has 0 unspecified atom stereocenters. The minimum atomic E-state index is 0.332. The van der Waals surface area contributed by atoms with Gasteiger partial charge >= 0.3 is 0 Å². The number of likely N-dealkylation sites (N-methyl/N-ethyl adjacent to an activating group) is 1. The Morgan fingerprint density at radius 1 is 1.00 bits per heavy atom. The van der Waals surface area contributed by atoms with Gasteiger partial charge in [0.2, 0.25) is 0 Å². The molecule has 0 saturated carbocycles. The van der Waals surface area contributed by atoms with Crippen LogP contribution in [0.2, 0.25) is 0 Å². The summed E-state index contributed by atoms with van der Waals surface area (Å²) in [6, 6.07) is 0. The van der Waals surface area contributed by atoms with E-state index in [-0.39, 0.29) is 0 Å². The van der Waals surface area contributed by atoms with Crippen LogP contribution in [0.15, 0.2) is 0 Å². The standard InChI is InChI=1S/C10H23NO2/c1-11-7-10-13-9-6-4-2-3-5-8-12/h11-12H,2-10H2,1H3. The highest BCUT2D eigenvalue weighted by Gasteiger charge is 1.90. The SMILES string of the molecule is CNCCOCCCCCCCO. The van der Waals surface area contributed by atoms with Crippen LogP contribution in [0, 0.1) is 0 Å². The fraction of sp³-hybridized carbons (Fsp3) is 1.00. The number of hydrogen-bond donors (Lipinski definition) is 2. The van der Waals surface area contributed by atoms with Crippen LogP contribution in [-0.4, -0.2) is 38.5 Å². The highest BCUT2D eigenvalue weighted by atomic mass is 16.5. The van der Waals surface area contributed by atoms with E-state index in [0.717, 1.165) is 39.0 Å². The molecular formula is C10H23NO2. The zero-order valence-electron chi connectivity index (χ0n) is 8.72. The summed E-state index contributed by atoms with van der Waals surface area (Å²) in [6.45, 7) is 2.96. The maximum Gasteiger partial charge on any atom is 0.0590 e. The Balaban J connectivity index is 2.76. The summed E-state index contributed by atoms with van der Waals surface area (Å²) in [5, 5.41) is 11.6. The topological polar surface area (TPSA) is 41.5 Å². The largest absolute Gasteiger partial charge is 0.396 e. The van der Waals surface area contributed by atoms with Crippen molar-refractivity contribution in [3.8, 4) is 0 Å². The molecule has 80 valence electrons. The number of nitrogens with one attached hydrogen (secondary N) is 1. The summed E-state index contributed by atoms with van der Waals surface area (Å²) < 4.78 is 5.37. The van der Waals surface area contributed by atoms with Crippen LogP contribution < -0.4 is 5.32 Å². The Morgan fingerprint density at radius 2 is 1.69 bits per heavy atom. The molecule has 0 spiro atoms. The molecule has 2 N–H and O–H groups in total. The Hall–Kier alpha value is -0.120. The smallest absolute Gasteiger partial charge is 0.0590 e. The monoisotopic (exact) mass is 189 g/mol. The van der Waals surface area contributed by atoms with Crippen LogP contribution in [0.4, 0.5) is 0 Å². The third kappa shape index (κ3) is 11.9. The molecule has 0 bridgehead atoms. The molecule has 0 aromatic rings. The van der Waals surface area contributed by atoms with Crippen molar-refractivity contribution >= 4 is 0 Å². The molecule has 0 fully saturated rings. The van der Waals surface area contributed by atoms with E-state index >= 15 is 0 Å². The second kappa shape index (κ2) is 11.9. The van der Waals surface area contributed by atoms with E-state index in [1.54, 1.807) is 0 Å². The lowest BCUT2D eigenvalue weighted by molar-refractivity contribution is 0.133. The van der Waals surface area contributed by atoms with Crippen molar-refractivity contribution in [1.82, 2.24) is 5.32 Å². The Kier molecular flexibility index (Phi) is 11.8. The van der Waals surface area contributed by atoms with Crippen molar-refractivity contribution in [3.63, 3.8) is 0 Å². The van der Waals surface area contributed by atoms with Gasteiger partial charge in [-0.3, -0.25) is 0 Å². The van der Waals surface area contributed by atoms with Gasteiger partial charge in [0, 0.05) is 19.8 Å². The van der Waals surface area contributed by atoms with E-state index in [9.17, 15) is 0 Å². The molecule has 3 heteroatoms. The molecule has 0 aromatic carbocycles. The molecule has 13 heavy (non-hydrogen) atoms. The molecule has 0 rings (SSSR count). The van der Waals surface area contributed by atoms with Crippen LogP contribution in [0.25, 0.3) is 0 Å². The number of aliphatic hydroxyl groups is 1. The quantitative estimate of drug-likeness (QED) is 0.507. The lowest BCUT2D eigenvalue weighted by Crippen LogP contribution is -2.14. The van der Waals surface area contributed by atoms with Gasteiger partial charge in [-0.05, 0) is 19.9 Å². The lowest BCUT2D eigenvalue weighted by atomic mass is 10.1. The van der Waals surface area contributed by atoms with Gasteiger partial charge in [0.15, 0.2) is 0 Å². The van der Waals surface area contributed by atoms with E-state index < -0.39 is 0 Å². The van der Waals surface area contributed by atoms with Crippen molar-refractivity contribution in [2.45, 2.75) is 32.1 Å². The van der Waals surface area contributed by atoms with E-state index in [1.807, 2.05) is 7.05 Å². The van der Waals surface area contributed by atoms with Crippen LogP contribution in [0.5, 0.6) is 0 Å². The number of unbranched alkanes of at least 4 members (excludes halogenated alkanes) is 4. The number of ether oxygens (including phenoxy) is 1. The maximum absolute atomic E-state index is 8.53. The first-order chi connectivity index (χ1) is 6.41. The normalized spacial score (nSPS) is 10.6. The predicted molar refractivity (Wildman–Crippen MR) is 54.9 cm³/mol. The van der Waals surface area contributed by atoms with Gasteiger partial charge in [0.05, 0.1) is 6.61 Å². The Bertz CT molecular complexity index is 79.0. The van der Waals surface area contributed by atoms with Gasteiger partial charge in [-0.1, -0.05) is 19.3 Å². The van der Waals surface area contributed by atoms with Gasteiger partial charge in [-0.2, -0.15) is 0 Å².